The minimum absolute atomic E-state index is 0.0122. The molecule has 1 aromatic rings. The molecule has 1 aliphatic rings. The fourth-order valence-corrected chi connectivity index (χ4v) is 3.17. The molecule has 0 aromatic carbocycles. The molecule has 1 fully saturated rings. The van der Waals surface area contributed by atoms with Crippen LogP contribution in [-0.4, -0.2) is 43.7 Å². The Kier molecular flexibility index (Phi) is 4.38. The summed E-state index contributed by atoms with van der Waals surface area (Å²) in [6.07, 6.45) is 4.44. The molecule has 1 saturated heterocycles. The number of carboxylic acids is 1. The maximum absolute atomic E-state index is 11.9. The standard InChI is InChI=1S/C11H14N2O4S/c14-11(15)9-4-12-7-13-10(9)6-18(16)5-8-2-1-3-17-8/h4,7-8H,1-3,5-6H2,(H,14,15). The fraction of sp³-hybridized carbons (Fsp3) is 0.545. The van der Waals surface area contributed by atoms with Crippen LogP contribution in [0, 0.1) is 0 Å². The van der Waals surface area contributed by atoms with Crippen LogP contribution in [0.2, 0.25) is 0 Å². The number of carbonyl (C=O) groups is 1. The Bertz CT molecular complexity index is 460. The second-order valence-electron chi connectivity index (χ2n) is 4.07. The van der Waals surface area contributed by atoms with Crippen LogP contribution in [0.3, 0.4) is 0 Å². The van der Waals surface area contributed by atoms with Crippen LogP contribution in [0.4, 0.5) is 0 Å². The van der Waals surface area contributed by atoms with Crippen LogP contribution in [0.1, 0.15) is 28.9 Å². The summed E-state index contributed by atoms with van der Waals surface area (Å²) >= 11 is 0. The van der Waals surface area contributed by atoms with Crippen LogP contribution >= 0.6 is 0 Å². The van der Waals surface area contributed by atoms with E-state index in [0.29, 0.717) is 11.4 Å². The van der Waals surface area contributed by atoms with E-state index in [1.807, 2.05) is 0 Å². The highest BCUT2D eigenvalue weighted by atomic mass is 32.2. The van der Waals surface area contributed by atoms with E-state index in [2.05, 4.69) is 9.97 Å². The molecule has 98 valence electrons. The number of hydrogen-bond donors (Lipinski definition) is 1. The molecule has 0 amide bonds. The number of carboxylic acid groups (broad SMARTS) is 1. The highest BCUT2D eigenvalue weighted by Gasteiger charge is 2.20. The maximum atomic E-state index is 11.9. The lowest BCUT2D eigenvalue weighted by Gasteiger charge is -2.09. The van der Waals surface area contributed by atoms with Gasteiger partial charge in [-0.3, -0.25) is 4.21 Å². The van der Waals surface area contributed by atoms with Crippen LogP contribution in [0.5, 0.6) is 0 Å². The van der Waals surface area contributed by atoms with E-state index in [-0.39, 0.29) is 17.4 Å². The molecular formula is C11H14N2O4S. The van der Waals surface area contributed by atoms with E-state index < -0.39 is 16.8 Å². The number of hydrogen-bond acceptors (Lipinski definition) is 5. The lowest BCUT2D eigenvalue weighted by atomic mass is 10.2. The van der Waals surface area contributed by atoms with Gasteiger partial charge in [-0.15, -0.1) is 0 Å². The molecule has 1 N–H and O–H groups in total. The molecule has 0 bridgehead atoms. The van der Waals surface area contributed by atoms with Crippen molar-refractivity contribution in [1.29, 1.82) is 0 Å². The van der Waals surface area contributed by atoms with Crippen LogP contribution in [0.25, 0.3) is 0 Å². The molecule has 1 aromatic heterocycles. The van der Waals surface area contributed by atoms with E-state index in [1.54, 1.807) is 0 Å². The van der Waals surface area contributed by atoms with Gasteiger partial charge in [0.2, 0.25) is 0 Å². The first-order valence-corrected chi connectivity index (χ1v) is 7.14. The number of nitrogens with zero attached hydrogens (tertiary/aromatic N) is 2. The van der Waals surface area contributed by atoms with Gasteiger partial charge in [0.25, 0.3) is 0 Å². The van der Waals surface area contributed by atoms with Gasteiger partial charge in [-0.25, -0.2) is 14.8 Å². The summed E-state index contributed by atoms with van der Waals surface area (Å²) in [7, 11) is -1.17. The molecule has 18 heavy (non-hydrogen) atoms. The Hall–Kier alpha value is -1.34. The van der Waals surface area contributed by atoms with Crippen molar-refractivity contribution < 1.29 is 18.8 Å². The van der Waals surface area contributed by atoms with Crippen molar-refractivity contribution in [2.45, 2.75) is 24.7 Å². The Morgan fingerprint density at radius 3 is 3.11 bits per heavy atom. The largest absolute Gasteiger partial charge is 0.478 e. The Morgan fingerprint density at radius 2 is 2.44 bits per heavy atom. The summed E-state index contributed by atoms with van der Waals surface area (Å²) in [4.78, 5) is 18.5. The second-order valence-corrected chi connectivity index (χ2v) is 5.58. The Labute approximate surface area is 107 Å². The van der Waals surface area contributed by atoms with Crippen molar-refractivity contribution in [2.24, 2.45) is 0 Å². The van der Waals surface area contributed by atoms with Crippen molar-refractivity contribution in [1.82, 2.24) is 9.97 Å². The highest BCUT2D eigenvalue weighted by Crippen LogP contribution is 2.15. The first-order chi connectivity index (χ1) is 8.66. The van der Waals surface area contributed by atoms with Gasteiger partial charge < -0.3 is 9.84 Å². The van der Waals surface area contributed by atoms with E-state index in [0.717, 1.165) is 19.4 Å². The van der Waals surface area contributed by atoms with Crippen molar-refractivity contribution >= 4 is 16.8 Å². The highest BCUT2D eigenvalue weighted by molar-refractivity contribution is 7.84. The molecule has 7 heteroatoms. The molecule has 0 saturated carbocycles. The summed E-state index contributed by atoms with van der Waals surface area (Å²) in [6.45, 7) is 0.718. The average molecular weight is 270 g/mol. The van der Waals surface area contributed by atoms with Crippen molar-refractivity contribution in [3.63, 3.8) is 0 Å². The molecule has 2 atom stereocenters. The zero-order valence-electron chi connectivity index (χ0n) is 9.74. The van der Waals surface area contributed by atoms with Gasteiger partial charge in [0.05, 0.1) is 23.3 Å². The Balaban J connectivity index is 2.00. The zero-order valence-corrected chi connectivity index (χ0v) is 10.6. The normalized spacial score (nSPS) is 20.8. The predicted molar refractivity (Wildman–Crippen MR) is 64.7 cm³/mol. The third-order valence-electron chi connectivity index (χ3n) is 2.72. The number of ether oxygens (including phenoxy) is 1. The van der Waals surface area contributed by atoms with E-state index in [9.17, 15) is 9.00 Å². The molecule has 2 rings (SSSR count). The smallest absolute Gasteiger partial charge is 0.339 e. The SMILES string of the molecule is O=C(O)c1cncnc1CS(=O)CC1CCCO1. The van der Waals surface area contributed by atoms with Crippen molar-refractivity contribution in [3.8, 4) is 0 Å². The summed E-state index contributed by atoms with van der Waals surface area (Å²) in [5, 5.41) is 8.96. The third kappa shape index (κ3) is 3.33. The topological polar surface area (TPSA) is 89.4 Å². The lowest BCUT2D eigenvalue weighted by molar-refractivity contribution is 0.0695. The van der Waals surface area contributed by atoms with Crippen molar-refractivity contribution in [2.75, 3.05) is 12.4 Å². The molecule has 2 heterocycles. The third-order valence-corrected chi connectivity index (χ3v) is 4.06. The van der Waals surface area contributed by atoms with Crippen LogP contribution in [0.15, 0.2) is 12.5 Å². The molecule has 0 aliphatic carbocycles. The number of aromatic carboxylic acids is 1. The first kappa shape index (κ1) is 13.1. The molecule has 2 unspecified atom stereocenters. The van der Waals surface area contributed by atoms with E-state index >= 15 is 0 Å². The summed E-state index contributed by atoms with van der Waals surface area (Å²) in [5.74, 6) is -0.535. The predicted octanol–water partition coefficient (Wildman–Crippen LogP) is 0.602. The first-order valence-electron chi connectivity index (χ1n) is 5.65. The zero-order chi connectivity index (χ0) is 13.0. The van der Waals surface area contributed by atoms with E-state index in [1.165, 1.54) is 12.5 Å². The summed E-state index contributed by atoms with van der Waals surface area (Å²) < 4.78 is 17.3. The van der Waals surface area contributed by atoms with Gasteiger partial charge in [0.15, 0.2) is 0 Å². The number of rotatable bonds is 5. The quantitative estimate of drug-likeness (QED) is 0.842. The second kappa shape index (κ2) is 6.01. The summed E-state index contributed by atoms with van der Waals surface area (Å²) in [6, 6.07) is 0. The maximum Gasteiger partial charge on any atom is 0.339 e. The lowest BCUT2D eigenvalue weighted by Crippen LogP contribution is -2.18. The van der Waals surface area contributed by atoms with Crippen molar-refractivity contribution in [3.05, 3.63) is 23.8 Å². The Morgan fingerprint density at radius 1 is 1.61 bits per heavy atom. The van der Waals surface area contributed by atoms with Gasteiger partial charge >= 0.3 is 5.97 Å². The molecule has 0 spiro atoms. The van der Waals surface area contributed by atoms with E-state index in [4.69, 9.17) is 9.84 Å². The molecule has 0 radical (unpaired) electrons. The molecular weight excluding hydrogens is 256 g/mol. The summed E-state index contributed by atoms with van der Waals surface area (Å²) in [5.41, 5.74) is 0.326. The van der Waals surface area contributed by atoms with Gasteiger partial charge in [-0.1, -0.05) is 0 Å². The average Bonchev–Trinajstić information content (AvgIpc) is 2.82. The van der Waals surface area contributed by atoms with Gasteiger partial charge in [-0.2, -0.15) is 0 Å². The van der Waals surface area contributed by atoms with Crippen LogP contribution < -0.4 is 0 Å². The minimum Gasteiger partial charge on any atom is -0.478 e. The van der Waals surface area contributed by atoms with Crippen LogP contribution in [-0.2, 0) is 21.3 Å². The number of aromatic nitrogens is 2. The monoisotopic (exact) mass is 270 g/mol. The molecule has 6 nitrogen and oxygen atoms in total. The molecule has 1 aliphatic heterocycles. The van der Waals surface area contributed by atoms with Gasteiger partial charge in [0, 0.05) is 23.6 Å². The van der Waals surface area contributed by atoms with Gasteiger partial charge in [0.1, 0.15) is 11.9 Å². The van der Waals surface area contributed by atoms with Gasteiger partial charge in [-0.05, 0) is 12.8 Å². The fourth-order valence-electron chi connectivity index (χ4n) is 1.84. The minimum atomic E-state index is -1.17.